The molecule has 98 valence electrons. The van der Waals surface area contributed by atoms with Gasteiger partial charge in [0.25, 0.3) is 0 Å². The highest BCUT2D eigenvalue weighted by Gasteiger charge is 2.29. The Labute approximate surface area is 105 Å². The molecule has 1 unspecified atom stereocenters. The zero-order valence-electron chi connectivity index (χ0n) is 10.3. The number of aromatic nitrogens is 2. The molecule has 1 aliphatic rings. The van der Waals surface area contributed by atoms with Gasteiger partial charge in [-0.05, 0) is 13.0 Å². The molecule has 0 radical (unpaired) electrons. The Balaban J connectivity index is 2.33. The van der Waals surface area contributed by atoms with Crippen LogP contribution >= 0.6 is 0 Å². The summed E-state index contributed by atoms with van der Waals surface area (Å²) in [6, 6.07) is 1.30. The van der Waals surface area contributed by atoms with Gasteiger partial charge in [-0.1, -0.05) is 0 Å². The molecular weight excluding hydrogens is 234 g/mol. The highest BCUT2D eigenvalue weighted by atomic mass is 16.5. The van der Waals surface area contributed by atoms with Gasteiger partial charge in [-0.2, -0.15) is 0 Å². The number of nitrogens with zero attached hydrogens (tertiary/aromatic N) is 3. The van der Waals surface area contributed by atoms with Crippen molar-refractivity contribution in [2.24, 2.45) is 11.5 Å². The van der Waals surface area contributed by atoms with Crippen LogP contribution in [0.1, 0.15) is 11.4 Å². The summed E-state index contributed by atoms with van der Waals surface area (Å²) in [5, 5.41) is 0. The van der Waals surface area contributed by atoms with Crippen LogP contribution in [0.25, 0.3) is 0 Å². The van der Waals surface area contributed by atoms with Gasteiger partial charge in [-0.15, -0.1) is 0 Å². The summed E-state index contributed by atoms with van der Waals surface area (Å²) in [6.07, 6.45) is 0. The van der Waals surface area contributed by atoms with E-state index < -0.39 is 11.9 Å². The fraction of sp³-hybridized carbons (Fsp3) is 0.545. The first-order valence-corrected chi connectivity index (χ1v) is 5.80. The van der Waals surface area contributed by atoms with Crippen LogP contribution in [0.3, 0.4) is 0 Å². The van der Waals surface area contributed by atoms with Crippen LogP contribution in [0, 0.1) is 6.92 Å². The number of rotatable bonds is 3. The van der Waals surface area contributed by atoms with E-state index in [2.05, 4.69) is 9.97 Å². The third kappa shape index (κ3) is 2.57. The smallest absolute Gasteiger partial charge is 0.242 e. The number of nitrogens with two attached hydrogens (primary N) is 2. The number of aryl methyl sites for hydroxylation is 1. The minimum atomic E-state index is -0.522. The summed E-state index contributed by atoms with van der Waals surface area (Å²) >= 11 is 0. The second kappa shape index (κ2) is 5.28. The molecule has 7 nitrogen and oxygen atoms in total. The van der Waals surface area contributed by atoms with Gasteiger partial charge in [-0.3, -0.25) is 4.79 Å². The average Bonchev–Trinajstić information content (AvgIpc) is 2.38. The SMILES string of the molecule is Cc1cc(CN)nc(N2CCOCC2C(N)=O)n1. The molecule has 0 aromatic carbocycles. The second-order valence-corrected chi connectivity index (χ2v) is 4.19. The van der Waals surface area contributed by atoms with Gasteiger partial charge in [-0.25, -0.2) is 9.97 Å². The van der Waals surface area contributed by atoms with E-state index in [1.54, 1.807) is 4.90 Å². The summed E-state index contributed by atoms with van der Waals surface area (Å²) in [5.74, 6) is 0.0525. The Morgan fingerprint density at radius 2 is 2.39 bits per heavy atom. The lowest BCUT2D eigenvalue weighted by molar-refractivity contribution is -0.121. The van der Waals surface area contributed by atoms with Crippen LogP contribution in [0.2, 0.25) is 0 Å². The molecule has 18 heavy (non-hydrogen) atoms. The van der Waals surface area contributed by atoms with E-state index in [1.165, 1.54) is 0 Å². The molecule has 0 saturated carbocycles. The van der Waals surface area contributed by atoms with Crippen molar-refractivity contribution in [3.05, 3.63) is 17.5 Å². The number of anilines is 1. The number of primary amides is 1. The molecule has 1 aliphatic heterocycles. The molecule has 0 aliphatic carbocycles. The van der Waals surface area contributed by atoms with E-state index in [4.69, 9.17) is 16.2 Å². The van der Waals surface area contributed by atoms with E-state index in [9.17, 15) is 4.79 Å². The summed E-state index contributed by atoms with van der Waals surface area (Å²) < 4.78 is 5.26. The first-order valence-electron chi connectivity index (χ1n) is 5.80. The summed E-state index contributed by atoms with van der Waals surface area (Å²) in [6.45, 7) is 3.54. The molecule has 2 rings (SSSR count). The lowest BCUT2D eigenvalue weighted by Gasteiger charge is -2.33. The lowest BCUT2D eigenvalue weighted by atomic mass is 10.2. The molecule has 1 saturated heterocycles. The Kier molecular flexibility index (Phi) is 3.73. The van der Waals surface area contributed by atoms with Crippen LogP contribution in [-0.2, 0) is 16.1 Å². The lowest BCUT2D eigenvalue weighted by Crippen LogP contribution is -2.53. The predicted molar refractivity (Wildman–Crippen MR) is 65.8 cm³/mol. The zero-order valence-corrected chi connectivity index (χ0v) is 10.3. The third-order valence-corrected chi connectivity index (χ3v) is 2.82. The zero-order chi connectivity index (χ0) is 13.1. The normalized spacial score (nSPS) is 19.9. The highest BCUT2D eigenvalue weighted by molar-refractivity contribution is 5.83. The monoisotopic (exact) mass is 251 g/mol. The molecular formula is C11H17N5O2. The van der Waals surface area contributed by atoms with Gasteiger partial charge in [0, 0.05) is 18.8 Å². The highest BCUT2D eigenvalue weighted by Crippen LogP contribution is 2.16. The Hall–Kier alpha value is -1.73. The Bertz CT molecular complexity index is 451. The minimum Gasteiger partial charge on any atom is -0.377 e. The number of carbonyl (C=O) groups excluding carboxylic acids is 1. The molecule has 1 atom stereocenters. The van der Waals surface area contributed by atoms with Crippen LogP contribution < -0.4 is 16.4 Å². The van der Waals surface area contributed by atoms with E-state index in [0.29, 0.717) is 25.6 Å². The first kappa shape index (κ1) is 12.7. The van der Waals surface area contributed by atoms with E-state index in [1.807, 2.05) is 13.0 Å². The summed E-state index contributed by atoms with van der Waals surface area (Å²) in [7, 11) is 0. The second-order valence-electron chi connectivity index (χ2n) is 4.19. The molecule has 7 heteroatoms. The molecule has 0 spiro atoms. The van der Waals surface area contributed by atoms with Gasteiger partial charge in [0.1, 0.15) is 6.04 Å². The van der Waals surface area contributed by atoms with Gasteiger partial charge >= 0.3 is 0 Å². The molecule has 0 bridgehead atoms. The van der Waals surface area contributed by atoms with Crippen molar-refractivity contribution in [2.75, 3.05) is 24.7 Å². The average molecular weight is 251 g/mol. The molecule has 1 aromatic rings. The Morgan fingerprint density at radius 1 is 1.61 bits per heavy atom. The van der Waals surface area contributed by atoms with Crippen molar-refractivity contribution in [1.82, 2.24) is 9.97 Å². The first-order chi connectivity index (χ1) is 8.61. The van der Waals surface area contributed by atoms with Crippen molar-refractivity contribution in [3.63, 3.8) is 0 Å². The van der Waals surface area contributed by atoms with Crippen LogP contribution in [0.15, 0.2) is 6.07 Å². The largest absolute Gasteiger partial charge is 0.377 e. The van der Waals surface area contributed by atoms with Crippen molar-refractivity contribution < 1.29 is 9.53 Å². The van der Waals surface area contributed by atoms with Crippen molar-refractivity contribution in [2.45, 2.75) is 19.5 Å². The maximum absolute atomic E-state index is 11.4. The number of hydrogen-bond donors (Lipinski definition) is 2. The predicted octanol–water partition coefficient (Wildman–Crippen LogP) is -1.07. The fourth-order valence-corrected chi connectivity index (χ4v) is 1.93. The summed E-state index contributed by atoms with van der Waals surface area (Å²) in [4.78, 5) is 21.8. The van der Waals surface area contributed by atoms with Crippen molar-refractivity contribution in [3.8, 4) is 0 Å². The number of morpholine rings is 1. The quantitative estimate of drug-likeness (QED) is 0.708. The number of carbonyl (C=O) groups is 1. The van der Waals surface area contributed by atoms with Gasteiger partial charge < -0.3 is 21.1 Å². The molecule has 1 amide bonds. The Morgan fingerprint density at radius 3 is 3.06 bits per heavy atom. The van der Waals surface area contributed by atoms with Gasteiger partial charge in [0.05, 0.1) is 18.9 Å². The maximum atomic E-state index is 11.4. The molecule has 4 N–H and O–H groups in total. The fourth-order valence-electron chi connectivity index (χ4n) is 1.93. The number of hydrogen-bond acceptors (Lipinski definition) is 6. The maximum Gasteiger partial charge on any atom is 0.242 e. The molecule has 1 fully saturated rings. The number of amides is 1. The van der Waals surface area contributed by atoms with Gasteiger partial charge in [0.15, 0.2) is 0 Å². The van der Waals surface area contributed by atoms with Crippen molar-refractivity contribution in [1.29, 1.82) is 0 Å². The van der Waals surface area contributed by atoms with Crippen LogP contribution in [-0.4, -0.2) is 41.7 Å². The van der Waals surface area contributed by atoms with Gasteiger partial charge in [0.2, 0.25) is 11.9 Å². The van der Waals surface area contributed by atoms with E-state index in [0.717, 1.165) is 11.4 Å². The van der Waals surface area contributed by atoms with Crippen LogP contribution in [0.5, 0.6) is 0 Å². The van der Waals surface area contributed by atoms with Crippen LogP contribution in [0.4, 0.5) is 5.95 Å². The van der Waals surface area contributed by atoms with Crippen molar-refractivity contribution >= 4 is 11.9 Å². The van der Waals surface area contributed by atoms with E-state index >= 15 is 0 Å². The third-order valence-electron chi connectivity index (χ3n) is 2.82. The standard InChI is InChI=1S/C11H17N5O2/c1-7-4-8(5-12)15-11(14-7)16-2-3-18-6-9(16)10(13)17/h4,9H,2-3,5-6,12H2,1H3,(H2,13,17). The topological polar surface area (TPSA) is 107 Å². The molecule has 2 heterocycles. The number of ether oxygens (including phenoxy) is 1. The minimum absolute atomic E-state index is 0.268. The summed E-state index contributed by atoms with van der Waals surface area (Å²) in [5.41, 5.74) is 12.5. The molecule has 1 aromatic heterocycles. The van der Waals surface area contributed by atoms with E-state index in [-0.39, 0.29) is 6.61 Å².